The van der Waals surface area contributed by atoms with Crippen molar-refractivity contribution in [1.82, 2.24) is 9.55 Å². The summed E-state index contributed by atoms with van der Waals surface area (Å²) in [4.78, 5) is 9.85. The zero-order chi connectivity index (χ0) is 43.3. The summed E-state index contributed by atoms with van der Waals surface area (Å²) in [6.07, 6.45) is 12.4. The van der Waals surface area contributed by atoms with Crippen LogP contribution in [0.5, 0.6) is 0 Å². The molecule has 1 unspecified atom stereocenters. The van der Waals surface area contributed by atoms with E-state index in [1.54, 1.807) is 0 Å². The zero-order valence-corrected chi connectivity index (χ0v) is 38.1. The number of aryl methyl sites for hydroxylation is 4. The Kier molecular flexibility index (Phi) is 13.0. The highest BCUT2D eigenvalue weighted by Crippen LogP contribution is 2.40. The number of hydrogen-bond acceptors (Lipinski definition) is 2. The second-order valence-corrected chi connectivity index (χ2v) is 18.5. The Morgan fingerprint density at radius 2 is 0.984 bits per heavy atom. The van der Waals surface area contributed by atoms with E-state index in [1.807, 2.05) is 12.4 Å². The van der Waals surface area contributed by atoms with Crippen LogP contribution < -0.4 is 0 Å². The van der Waals surface area contributed by atoms with Crippen molar-refractivity contribution in [3.05, 3.63) is 214 Å². The normalized spacial score (nSPS) is 13.9. The summed E-state index contributed by atoms with van der Waals surface area (Å²) in [5.74, 6) is 2.80. The van der Waals surface area contributed by atoms with E-state index in [9.17, 15) is 0 Å². The first-order valence-corrected chi connectivity index (χ1v) is 23.0. The molecule has 1 atom stereocenters. The molecule has 1 aromatic heterocycles. The van der Waals surface area contributed by atoms with Gasteiger partial charge in [-0.15, -0.1) is 0 Å². The van der Waals surface area contributed by atoms with Gasteiger partial charge in [0.05, 0.1) is 11.4 Å². The van der Waals surface area contributed by atoms with E-state index >= 15 is 0 Å². The van der Waals surface area contributed by atoms with Gasteiger partial charge in [-0.05, 0) is 128 Å². The summed E-state index contributed by atoms with van der Waals surface area (Å²) < 4.78 is 2.32. The topological polar surface area (TPSA) is 30.2 Å². The van der Waals surface area contributed by atoms with Gasteiger partial charge in [0.15, 0.2) is 0 Å². The van der Waals surface area contributed by atoms with Crippen molar-refractivity contribution < 1.29 is 0 Å². The second-order valence-electron chi connectivity index (χ2n) is 18.5. The molecule has 0 radical (unpaired) electrons. The fourth-order valence-corrected chi connectivity index (χ4v) is 9.35. The summed E-state index contributed by atoms with van der Waals surface area (Å²) in [5, 5.41) is 0. The zero-order valence-electron chi connectivity index (χ0n) is 38.1. The van der Waals surface area contributed by atoms with Gasteiger partial charge in [-0.25, -0.2) is 4.98 Å². The smallest absolute Gasteiger partial charge is 0.144 e. The molecule has 0 amide bonds. The fourth-order valence-electron chi connectivity index (χ4n) is 9.35. The summed E-state index contributed by atoms with van der Waals surface area (Å²) in [5.41, 5.74) is 19.8. The molecule has 0 bridgehead atoms. The molecular weight excluding hydrogens is 751 g/mol. The quantitative estimate of drug-likeness (QED) is 0.101. The standard InChI is InChI=1S/C59H63N3/c1-39(2)51-18-13-19-52(40(3)4)56(51)53-32-33-60-57(53)48-28-24-43(25-29-48)20-22-45-14-12-15-46(36-45)23-21-44-26-30-49(31-27-44)59-61-34-35-62(59)58-54(41(5)6)37-50(38-55(58)42(7)8)47-16-10-9-11-17-47/h9-19,24-42,53H,20-23H2,1-8H3. The van der Waals surface area contributed by atoms with Crippen molar-refractivity contribution in [3.63, 3.8) is 0 Å². The Bertz CT molecular complexity index is 2610. The van der Waals surface area contributed by atoms with Gasteiger partial charge in [-0.1, -0.05) is 183 Å². The lowest BCUT2D eigenvalue weighted by Gasteiger charge is -2.24. The third-order valence-electron chi connectivity index (χ3n) is 12.8. The van der Waals surface area contributed by atoms with Crippen LogP contribution in [-0.4, -0.2) is 15.3 Å². The van der Waals surface area contributed by atoms with Gasteiger partial charge in [0.25, 0.3) is 0 Å². The Balaban J connectivity index is 0.917. The van der Waals surface area contributed by atoms with Crippen LogP contribution in [0.2, 0.25) is 0 Å². The van der Waals surface area contributed by atoms with Gasteiger partial charge in [0.2, 0.25) is 0 Å². The van der Waals surface area contributed by atoms with Gasteiger partial charge in [0, 0.05) is 30.1 Å². The molecule has 8 rings (SSSR count). The fraction of sp³-hybridized carbons (Fsp3) is 0.288. The first-order chi connectivity index (χ1) is 30.0. The average Bonchev–Trinajstić information content (AvgIpc) is 3.99. The van der Waals surface area contributed by atoms with E-state index < -0.39 is 0 Å². The van der Waals surface area contributed by atoms with Crippen LogP contribution in [0.3, 0.4) is 0 Å². The monoisotopic (exact) mass is 814 g/mol. The summed E-state index contributed by atoms with van der Waals surface area (Å²) in [7, 11) is 0. The third-order valence-corrected chi connectivity index (χ3v) is 12.8. The average molecular weight is 814 g/mol. The maximum atomic E-state index is 4.93. The van der Waals surface area contributed by atoms with Crippen LogP contribution in [-0.2, 0) is 25.7 Å². The van der Waals surface area contributed by atoms with Gasteiger partial charge < -0.3 is 0 Å². The Morgan fingerprint density at radius 3 is 1.53 bits per heavy atom. The molecule has 0 N–H and O–H groups in total. The molecule has 0 fully saturated rings. The number of allylic oxidation sites excluding steroid dienone is 1. The van der Waals surface area contributed by atoms with Crippen LogP contribution in [0, 0.1) is 0 Å². The molecule has 0 aliphatic carbocycles. The number of aliphatic imine (C=N–C) groups is 1. The highest BCUT2D eigenvalue weighted by molar-refractivity contribution is 6.08. The molecule has 7 aromatic rings. The van der Waals surface area contributed by atoms with E-state index in [0.717, 1.165) is 42.8 Å². The number of benzene rings is 6. The van der Waals surface area contributed by atoms with Crippen molar-refractivity contribution in [2.24, 2.45) is 4.99 Å². The second kappa shape index (κ2) is 18.9. The van der Waals surface area contributed by atoms with E-state index in [1.165, 1.54) is 72.4 Å². The molecule has 0 spiro atoms. The molecule has 0 saturated carbocycles. The lowest BCUT2D eigenvalue weighted by Crippen LogP contribution is -2.15. The molecule has 314 valence electrons. The van der Waals surface area contributed by atoms with Gasteiger partial charge in [-0.3, -0.25) is 9.56 Å². The van der Waals surface area contributed by atoms with Crippen molar-refractivity contribution in [1.29, 1.82) is 0 Å². The highest BCUT2D eigenvalue weighted by atomic mass is 15.1. The first-order valence-electron chi connectivity index (χ1n) is 23.0. The highest BCUT2D eigenvalue weighted by Gasteiger charge is 2.27. The Hall–Kier alpha value is -6.06. The van der Waals surface area contributed by atoms with E-state index in [4.69, 9.17) is 9.98 Å². The molecule has 1 aliphatic rings. The molecule has 3 nitrogen and oxygen atoms in total. The van der Waals surface area contributed by atoms with Crippen LogP contribution in [0.15, 0.2) is 163 Å². The number of imidazole rings is 1. The number of aromatic nitrogens is 2. The molecule has 3 heteroatoms. The van der Waals surface area contributed by atoms with Crippen LogP contribution in [0.25, 0.3) is 28.2 Å². The minimum Gasteiger partial charge on any atom is -0.299 e. The minimum absolute atomic E-state index is 0.187. The molecule has 0 saturated heterocycles. The molecular formula is C59H63N3. The SMILES string of the molecule is CC(C)c1cccc(C(C)C)c1C1C=CN=C1c1ccc(CCc2cccc(CCc3ccc(-c4nccn4-c4c(C(C)C)cc(-c5ccccc5)cc4C(C)C)cc3)c2)cc1. The Morgan fingerprint density at radius 1 is 0.468 bits per heavy atom. The summed E-state index contributed by atoms with van der Waals surface area (Å²) >= 11 is 0. The predicted molar refractivity (Wildman–Crippen MR) is 263 cm³/mol. The summed E-state index contributed by atoms with van der Waals surface area (Å²) in [6, 6.07) is 49.8. The third kappa shape index (κ3) is 9.24. The predicted octanol–water partition coefficient (Wildman–Crippen LogP) is 15.4. The molecule has 1 aliphatic heterocycles. The molecule has 2 heterocycles. The van der Waals surface area contributed by atoms with Crippen molar-refractivity contribution >= 4 is 5.71 Å². The van der Waals surface area contributed by atoms with Gasteiger partial charge in [-0.2, -0.15) is 0 Å². The number of rotatable bonds is 15. The van der Waals surface area contributed by atoms with Crippen molar-refractivity contribution in [2.75, 3.05) is 0 Å². The van der Waals surface area contributed by atoms with Crippen LogP contribution >= 0.6 is 0 Å². The van der Waals surface area contributed by atoms with Crippen LogP contribution in [0.4, 0.5) is 0 Å². The lowest BCUT2D eigenvalue weighted by molar-refractivity contribution is 0.801. The number of nitrogens with zero attached hydrogens (tertiary/aromatic N) is 3. The van der Waals surface area contributed by atoms with Gasteiger partial charge >= 0.3 is 0 Å². The largest absolute Gasteiger partial charge is 0.299 e. The van der Waals surface area contributed by atoms with E-state index in [-0.39, 0.29) is 5.92 Å². The number of hydrogen-bond donors (Lipinski definition) is 0. The molecule has 62 heavy (non-hydrogen) atoms. The maximum absolute atomic E-state index is 4.93. The molecule has 6 aromatic carbocycles. The van der Waals surface area contributed by atoms with Crippen molar-refractivity contribution in [2.45, 2.75) is 111 Å². The van der Waals surface area contributed by atoms with E-state index in [2.05, 4.69) is 206 Å². The van der Waals surface area contributed by atoms with E-state index in [0.29, 0.717) is 23.7 Å². The lowest BCUT2D eigenvalue weighted by atomic mass is 9.79. The summed E-state index contributed by atoms with van der Waals surface area (Å²) in [6.45, 7) is 18.4. The van der Waals surface area contributed by atoms with Crippen LogP contribution in [0.1, 0.15) is 141 Å². The minimum atomic E-state index is 0.187. The Labute approximate surface area is 371 Å². The van der Waals surface area contributed by atoms with Gasteiger partial charge in [0.1, 0.15) is 5.82 Å². The maximum Gasteiger partial charge on any atom is 0.144 e. The van der Waals surface area contributed by atoms with Crippen molar-refractivity contribution in [3.8, 4) is 28.2 Å². The first kappa shape index (κ1) is 42.6.